The third-order valence-corrected chi connectivity index (χ3v) is 3.98. The lowest BCUT2D eigenvalue weighted by Gasteiger charge is -2.08. The summed E-state index contributed by atoms with van der Waals surface area (Å²) in [7, 11) is 1.51. The smallest absolute Gasteiger partial charge is 0.261 e. The molecule has 17 heavy (non-hydrogen) atoms. The van der Waals surface area contributed by atoms with E-state index in [2.05, 4.69) is 12.2 Å². The maximum Gasteiger partial charge on any atom is 0.261 e. The zero-order valence-corrected chi connectivity index (χ0v) is 11.9. The number of benzene rings is 1. The van der Waals surface area contributed by atoms with E-state index in [0.29, 0.717) is 5.02 Å². The Hall–Kier alpha value is -0.450. The molecule has 0 atom stereocenters. The van der Waals surface area contributed by atoms with Crippen molar-refractivity contribution in [2.75, 3.05) is 11.9 Å². The van der Waals surface area contributed by atoms with Gasteiger partial charge in [-0.2, -0.15) is 0 Å². The van der Waals surface area contributed by atoms with E-state index in [0.717, 1.165) is 31.5 Å². The quantitative estimate of drug-likeness (QED) is 0.640. The standard InChI is InChI=1S/C11H15Cl2NO2S/c1-2-3-4-7-14-11-6-5-9(8-10(11)12)17(13,15)16/h5-6,8,14H,2-4,7H2,1H3. The van der Waals surface area contributed by atoms with Gasteiger partial charge in [0.05, 0.1) is 15.6 Å². The van der Waals surface area contributed by atoms with Crippen molar-refractivity contribution in [1.29, 1.82) is 0 Å². The highest BCUT2D eigenvalue weighted by Crippen LogP contribution is 2.26. The molecular weight excluding hydrogens is 281 g/mol. The van der Waals surface area contributed by atoms with Gasteiger partial charge in [0.2, 0.25) is 0 Å². The summed E-state index contributed by atoms with van der Waals surface area (Å²) in [6.45, 7) is 2.95. The molecule has 0 fully saturated rings. The molecule has 1 aromatic carbocycles. The molecule has 0 aliphatic heterocycles. The first kappa shape index (κ1) is 14.6. The molecule has 0 saturated carbocycles. The molecule has 1 aromatic rings. The predicted molar refractivity (Wildman–Crippen MR) is 72.5 cm³/mol. The molecule has 6 heteroatoms. The van der Waals surface area contributed by atoms with Crippen LogP contribution in [0.5, 0.6) is 0 Å². The molecule has 0 spiro atoms. The van der Waals surface area contributed by atoms with Crippen LogP contribution >= 0.6 is 22.3 Å². The van der Waals surface area contributed by atoms with E-state index in [1.165, 1.54) is 12.1 Å². The Bertz CT molecular complexity index is 474. The lowest BCUT2D eigenvalue weighted by molar-refractivity contribution is 0.609. The summed E-state index contributed by atoms with van der Waals surface area (Å²) >= 11 is 5.96. The average molecular weight is 296 g/mol. The summed E-state index contributed by atoms with van der Waals surface area (Å²) in [5.41, 5.74) is 0.729. The minimum atomic E-state index is -3.71. The van der Waals surface area contributed by atoms with Crippen LogP contribution < -0.4 is 5.32 Å². The molecule has 0 aromatic heterocycles. The minimum absolute atomic E-state index is 0.0169. The monoisotopic (exact) mass is 295 g/mol. The second-order valence-electron chi connectivity index (χ2n) is 3.71. The van der Waals surface area contributed by atoms with E-state index in [1.807, 2.05) is 0 Å². The van der Waals surface area contributed by atoms with Crippen LogP contribution in [0.2, 0.25) is 5.02 Å². The van der Waals surface area contributed by atoms with Crippen molar-refractivity contribution >= 4 is 37.0 Å². The summed E-state index contributed by atoms with van der Waals surface area (Å²) in [5, 5.41) is 3.52. The third kappa shape index (κ3) is 4.74. The molecule has 0 unspecified atom stereocenters. The zero-order chi connectivity index (χ0) is 12.9. The number of nitrogens with one attached hydrogen (secondary N) is 1. The van der Waals surface area contributed by atoms with E-state index >= 15 is 0 Å². The first-order chi connectivity index (χ1) is 7.95. The normalized spacial score (nSPS) is 11.5. The van der Waals surface area contributed by atoms with Crippen molar-refractivity contribution in [1.82, 2.24) is 0 Å². The van der Waals surface area contributed by atoms with Crippen LogP contribution in [0.3, 0.4) is 0 Å². The fourth-order valence-corrected chi connectivity index (χ4v) is 2.48. The summed E-state index contributed by atoms with van der Waals surface area (Å²) in [5.74, 6) is 0. The van der Waals surface area contributed by atoms with E-state index in [9.17, 15) is 8.42 Å². The van der Waals surface area contributed by atoms with Crippen LogP contribution in [0.1, 0.15) is 26.2 Å². The maximum absolute atomic E-state index is 11.1. The fourth-order valence-electron chi connectivity index (χ4n) is 1.39. The van der Waals surface area contributed by atoms with E-state index in [-0.39, 0.29) is 4.90 Å². The first-order valence-corrected chi connectivity index (χ1v) is 8.12. The van der Waals surface area contributed by atoms with Gasteiger partial charge < -0.3 is 5.32 Å². The number of halogens is 2. The van der Waals surface area contributed by atoms with Gasteiger partial charge in [-0.3, -0.25) is 0 Å². The number of unbranched alkanes of at least 4 members (excludes halogenated alkanes) is 2. The van der Waals surface area contributed by atoms with Gasteiger partial charge in [-0.15, -0.1) is 0 Å². The summed E-state index contributed by atoms with van der Waals surface area (Å²) in [4.78, 5) is 0.0169. The van der Waals surface area contributed by atoms with Crippen LogP contribution in [0.25, 0.3) is 0 Å². The largest absolute Gasteiger partial charge is 0.384 e. The van der Waals surface area contributed by atoms with Crippen molar-refractivity contribution in [3.8, 4) is 0 Å². The summed E-state index contributed by atoms with van der Waals surface area (Å²) in [6.07, 6.45) is 3.36. The molecule has 3 nitrogen and oxygen atoms in total. The van der Waals surface area contributed by atoms with Crippen molar-refractivity contribution in [2.24, 2.45) is 0 Å². The van der Waals surface area contributed by atoms with Crippen molar-refractivity contribution in [3.63, 3.8) is 0 Å². The van der Waals surface area contributed by atoms with Gasteiger partial charge in [-0.25, -0.2) is 8.42 Å². The van der Waals surface area contributed by atoms with Gasteiger partial charge in [0.25, 0.3) is 9.05 Å². The zero-order valence-electron chi connectivity index (χ0n) is 9.54. The molecule has 0 amide bonds. The SMILES string of the molecule is CCCCCNc1ccc(S(=O)(=O)Cl)cc1Cl. The fraction of sp³-hybridized carbons (Fsp3) is 0.455. The second-order valence-corrected chi connectivity index (χ2v) is 6.69. The molecule has 0 radical (unpaired) electrons. The molecule has 0 bridgehead atoms. The van der Waals surface area contributed by atoms with E-state index in [1.54, 1.807) is 6.07 Å². The van der Waals surface area contributed by atoms with Gasteiger partial charge in [-0.05, 0) is 24.6 Å². The van der Waals surface area contributed by atoms with Gasteiger partial charge in [-0.1, -0.05) is 31.4 Å². The van der Waals surface area contributed by atoms with Crippen molar-refractivity contribution in [2.45, 2.75) is 31.1 Å². The van der Waals surface area contributed by atoms with Crippen molar-refractivity contribution in [3.05, 3.63) is 23.2 Å². The topological polar surface area (TPSA) is 46.2 Å². The Morgan fingerprint density at radius 3 is 2.53 bits per heavy atom. The van der Waals surface area contributed by atoms with Crippen LogP contribution in [0.4, 0.5) is 5.69 Å². The Morgan fingerprint density at radius 2 is 2.00 bits per heavy atom. The molecule has 1 N–H and O–H groups in total. The summed E-state index contributed by atoms with van der Waals surface area (Å²) in [6, 6.07) is 4.42. The molecular formula is C11H15Cl2NO2S. The Labute approximate surface area is 112 Å². The van der Waals surface area contributed by atoms with Crippen LogP contribution in [0, 0.1) is 0 Å². The van der Waals surface area contributed by atoms with Crippen LogP contribution in [-0.2, 0) is 9.05 Å². The highest BCUT2D eigenvalue weighted by atomic mass is 35.7. The Kier molecular flexibility index (Phi) is 5.56. The van der Waals surface area contributed by atoms with Crippen LogP contribution in [-0.4, -0.2) is 15.0 Å². The first-order valence-electron chi connectivity index (χ1n) is 5.43. The van der Waals surface area contributed by atoms with Gasteiger partial charge in [0, 0.05) is 17.2 Å². The van der Waals surface area contributed by atoms with E-state index in [4.69, 9.17) is 22.3 Å². The lowest BCUT2D eigenvalue weighted by Crippen LogP contribution is -2.02. The second kappa shape index (κ2) is 6.47. The van der Waals surface area contributed by atoms with Gasteiger partial charge in [0.1, 0.15) is 0 Å². The number of hydrogen-bond acceptors (Lipinski definition) is 3. The van der Waals surface area contributed by atoms with Crippen molar-refractivity contribution < 1.29 is 8.42 Å². The number of hydrogen-bond donors (Lipinski definition) is 1. The number of rotatable bonds is 6. The highest BCUT2D eigenvalue weighted by molar-refractivity contribution is 8.13. The Morgan fingerprint density at radius 1 is 1.29 bits per heavy atom. The van der Waals surface area contributed by atoms with Crippen LogP contribution in [0.15, 0.2) is 23.1 Å². The molecule has 96 valence electrons. The molecule has 0 saturated heterocycles. The minimum Gasteiger partial charge on any atom is -0.384 e. The molecule has 0 heterocycles. The lowest BCUT2D eigenvalue weighted by atomic mass is 10.2. The molecule has 0 aliphatic carbocycles. The third-order valence-electron chi connectivity index (χ3n) is 2.32. The maximum atomic E-state index is 11.1. The molecule has 1 rings (SSSR count). The predicted octanol–water partition coefficient (Wildman–Crippen LogP) is 3.87. The highest BCUT2D eigenvalue weighted by Gasteiger charge is 2.11. The van der Waals surface area contributed by atoms with E-state index < -0.39 is 9.05 Å². The molecule has 0 aliphatic rings. The summed E-state index contributed by atoms with van der Waals surface area (Å²) < 4.78 is 22.2. The van der Waals surface area contributed by atoms with Gasteiger partial charge in [0.15, 0.2) is 0 Å². The Balaban J connectivity index is 2.70. The number of anilines is 1. The van der Waals surface area contributed by atoms with Gasteiger partial charge >= 0.3 is 0 Å². The average Bonchev–Trinajstić information content (AvgIpc) is 2.24.